The van der Waals surface area contributed by atoms with Crippen molar-refractivity contribution in [2.45, 2.75) is 70.8 Å². The Labute approximate surface area is 94.3 Å². The summed E-state index contributed by atoms with van der Waals surface area (Å²) in [7, 11) is 0. The zero-order valence-electron chi connectivity index (χ0n) is 10.1. The van der Waals surface area contributed by atoms with Crippen molar-refractivity contribution in [1.82, 2.24) is 0 Å². The number of rotatable bonds is 2. The first-order valence-corrected chi connectivity index (χ1v) is 6.95. The molecule has 0 aromatic carbocycles. The summed E-state index contributed by atoms with van der Waals surface area (Å²) in [6.45, 7) is 2.35. The molecule has 2 fully saturated rings. The van der Waals surface area contributed by atoms with Gasteiger partial charge in [-0.3, -0.25) is 0 Å². The van der Waals surface area contributed by atoms with Crippen LogP contribution >= 0.6 is 0 Å². The lowest BCUT2D eigenvalue weighted by molar-refractivity contribution is 0.0134. The molecule has 2 aliphatic rings. The summed E-state index contributed by atoms with van der Waals surface area (Å²) in [6.07, 6.45) is 11.9. The molecule has 2 rings (SSSR count). The standard InChI is InChI=1S/C14H26O/c1-11-7-9-13(10-8-11)14(15)12-5-3-2-4-6-12/h11-15H,2-10H2,1H3. The van der Waals surface area contributed by atoms with Crippen molar-refractivity contribution < 1.29 is 5.11 Å². The smallest absolute Gasteiger partial charge is 0.0596 e. The summed E-state index contributed by atoms with van der Waals surface area (Å²) < 4.78 is 0. The second-order valence-corrected chi connectivity index (χ2v) is 5.91. The van der Waals surface area contributed by atoms with E-state index in [0.717, 1.165) is 5.92 Å². The highest BCUT2D eigenvalue weighted by Crippen LogP contribution is 2.36. The third-order valence-electron chi connectivity index (χ3n) is 4.68. The fourth-order valence-electron chi connectivity index (χ4n) is 3.49. The topological polar surface area (TPSA) is 20.2 Å². The number of aliphatic hydroxyl groups excluding tert-OH is 1. The van der Waals surface area contributed by atoms with Gasteiger partial charge in [0.15, 0.2) is 0 Å². The number of aliphatic hydroxyl groups is 1. The monoisotopic (exact) mass is 210 g/mol. The normalized spacial score (nSPS) is 36.4. The predicted molar refractivity (Wildman–Crippen MR) is 63.7 cm³/mol. The molecule has 0 saturated heterocycles. The van der Waals surface area contributed by atoms with E-state index in [-0.39, 0.29) is 6.10 Å². The first-order chi connectivity index (χ1) is 7.27. The van der Waals surface area contributed by atoms with E-state index in [1.807, 2.05) is 0 Å². The van der Waals surface area contributed by atoms with Crippen LogP contribution in [0.15, 0.2) is 0 Å². The minimum absolute atomic E-state index is 0.0257. The summed E-state index contributed by atoms with van der Waals surface area (Å²) in [6, 6.07) is 0. The molecule has 0 bridgehead atoms. The molecule has 1 heteroatoms. The van der Waals surface area contributed by atoms with E-state index in [9.17, 15) is 5.11 Å². The molecule has 15 heavy (non-hydrogen) atoms. The molecule has 0 amide bonds. The van der Waals surface area contributed by atoms with Gasteiger partial charge in [0.25, 0.3) is 0 Å². The molecule has 1 N–H and O–H groups in total. The molecule has 0 radical (unpaired) electrons. The first-order valence-electron chi connectivity index (χ1n) is 6.95. The lowest BCUT2D eigenvalue weighted by atomic mass is 9.73. The molecule has 0 aliphatic heterocycles. The van der Waals surface area contributed by atoms with Crippen molar-refractivity contribution in [3.63, 3.8) is 0 Å². The van der Waals surface area contributed by atoms with Gasteiger partial charge in [0.1, 0.15) is 0 Å². The van der Waals surface area contributed by atoms with E-state index in [1.165, 1.54) is 57.8 Å². The van der Waals surface area contributed by atoms with E-state index < -0.39 is 0 Å². The van der Waals surface area contributed by atoms with Crippen molar-refractivity contribution >= 4 is 0 Å². The van der Waals surface area contributed by atoms with Gasteiger partial charge in [0, 0.05) is 0 Å². The predicted octanol–water partition coefficient (Wildman–Crippen LogP) is 3.75. The molecular weight excluding hydrogens is 184 g/mol. The largest absolute Gasteiger partial charge is 0.393 e. The van der Waals surface area contributed by atoms with Crippen LogP contribution in [0.4, 0.5) is 0 Å². The molecule has 0 aromatic rings. The molecular formula is C14H26O. The highest BCUT2D eigenvalue weighted by molar-refractivity contribution is 4.82. The zero-order valence-corrected chi connectivity index (χ0v) is 10.1. The maximum absolute atomic E-state index is 10.4. The Hall–Kier alpha value is -0.0400. The highest BCUT2D eigenvalue weighted by Gasteiger charge is 2.30. The molecule has 1 unspecified atom stereocenters. The Morgan fingerprint density at radius 2 is 1.33 bits per heavy atom. The summed E-state index contributed by atoms with van der Waals surface area (Å²) in [4.78, 5) is 0. The van der Waals surface area contributed by atoms with Gasteiger partial charge >= 0.3 is 0 Å². The molecule has 0 spiro atoms. The number of hydrogen-bond donors (Lipinski definition) is 1. The van der Waals surface area contributed by atoms with Crippen molar-refractivity contribution in [3.8, 4) is 0 Å². The fraction of sp³-hybridized carbons (Fsp3) is 1.00. The third-order valence-corrected chi connectivity index (χ3v) is 4.68. The average molecular weight is 210 g/mol. The summed E-state index contributed by atoms with van der Waals surface area (Å²) in [5.41, 5.74) is 0. The Kier molecular flexibility index (Phi) is 4.07. The summed E-state index contributed by atoms with van der Waals surface area (Å²) in [5, 5.41) is 10.4. The van der Waals surface area contributed by atoms with Crippen molar-refractivity contribution in [3.05, 3.63) is 0 Å². The first kappa shape index (κ1) is 11.4. The van der Waals surface area contributed by atoms with Crippen LogP contribution in [0, 0.1) is 17.8 Å². The minimum atomic E-state index is 0.0257. The summed E-state index contributed by atoms with van der Waals surface area (Å²) >= 11 is 0. The lowest BCUT2D eigenvalue weighted by Gasteiger charge is -2.35. The van der Waals surface area contributed by atoms with Gasteiger partial charge in [-0.25, -0.2) is 0 Å². The van der Waals surface area contributed by atoms with E-state index in [0.29, 0.717) is 11.8 Å². The van der Waals surface area contributed by atoms with E-state index in [2.05, 4.69) is 6.92 Å². The number of hydrogen-bond acceptors (Lipinski definition) is 1. The average Bonchev–Trinajstić information content (AvgIpc) is 2.30. The molecule has 2 aliphatic carbocycles. The Morgan fingerprint density at radius 1 is 0.800 bits per heavy atom. The van der Waals surface area contributed by atoms with Gasteiger partial charge in [-0.15, -0.1) is 0 Å². The van der Waals surface area contributed by atoms with Gasteiger partial charge < -0.3 is 5.11 Å². The minimum Gasteiger partial charge on any atom is -0.393 e. The molecule has 1 atom stereocenters. The third kappa shape index (κ3) is 2.96. The maximum Gasteiger partial charge on any atom is 0.0596 e. The zero-order chi connectivity index (χ0) is 10.7. The SMILES string of the molecule is CC1CCC(C(O)C2CCCCC2)CC1. The van der Waals surface area contributed by atoms with Crippen LogP contribution < -0.4 is 0 Å². The van der Waals surface area contributed by atoms with Gasteiger partial charge in [0.05, 0.1) is 6.10 Å². The van der Waals surface area contributed by atoms with Crippen LogP contribution in [0.3, 0.4) is 0 Å². The van der Waals surface area contributed by atoms with Gasteiger partial charge in [-0.1, -0.05) is 39.0 Å². The van der Waals surface area contributed by atoms with Crippen molar-refractivity contribution in [1.29, 1.82) is 0 Å². The quantitative estimate of drug-likeness (QED) is 0.736. The van der Waals surface area contributed by atoms with Crippen LogP contribution in [0.5, 0.6) is 0 Å². The van der Waals surface area contributed by atoms with Gasteiger partial charge in [-0.05, 0) is 43.4 Å². The lowest BCUT2D eigenvalue weighted by Crippen LogP contribution is -2.33. The molecule has 2 saturated carbocycles. The molecule has 0 aromatic heterocycles. The van der Waals surface area contributed by atoms with E-state index >= 15 is 0 Å². The van der Waals surface area contributed by atoms with Gasteiger partial charge in [-0.2, -0.15) is 0 Å². The van der Waals surface area contributed by atoms with E-state index in [4.69, 9.17) is 0 Å². The second kappa shape index (κ2) is 5.34. The van der Waals surface area contributed by atoms with Crippen LogP contribution in [0.25, 0.3) is 0 Å². The van der Waals surface area contributed by atoms with Gasteiger partial charge in [0.2, 0.25) is 0 Å². The fourth-order valence-corrected chi connectivity index (χ4v) is 3.49. The Bertz CT molecular complexity index is 176. The Balaban J connectivity index is 1.81. The van der Waals surface area contributed by atoms with Crippen LogP contribution in [0.2, 0.25) is 0 Å². The van der Waals surface area contributed by atoms with E-state index in [1.54, 1.807) is 0 Å². The Morgan fingerprint density at radius 3 is 1.93 bits per heavy atom. The molecule has 0 heterocycles. The van der Waals surface area contributed by atoms with Crippen molar-refractivity contribution in [2.75, 3.05) is 0 Å². The van der Waals surface area contributed by atoms with Crippen LogP contribution in [-0.2, 0) is 0 Å². The van der Waals surface area contributed by atoms with Crippen molar-refractivity contribution in [2.24, 2.45) is 17.8 Å². The maximum atomic E-state index is 10.4. The molecule has 88 valence electrons. The second-order valence-electron chi connectivity index (χ2n) is 5.91. The summed E-state index contributed by atoms with van der Waals surface area (Å²) in [5.74, 6) is 2.17. The van der Waals surface area contributed by atoms with Crippen LogP contribution in [0.1, 0.15) is 64.7 Å². The van der Waals surface area contributed by atoms with Crippen LogP contribution in [-0.4, -0.2) is 11.2 Å². The highest BCUT2D eigenvalue weighted by atomic mass is 16.3. The molecule has 1 nitrogen and oxygen atoms in total.